The highest BCUT2D eigenvalue weighted by Gasteiger charge is 2.18. The number of carbonyl (C=O) groups is 1. The van der Waals surface area contributed by atoms with Crippen molar-refractivity contribution in [1.82, 2.24) is 10.5 Å². The topological polar surface area (TPSA) is 55.1 Å². The van der Waals surface area contributed by atoms with Crippen LogP contribution in [0.1, 0.15) is 40.7 Å². The van der Waals surface area contributed by atoms with Gasteiger partial charge in [0.1, 0.15) is 11.3 Å². The molecular formula is C16H20N2O2. The quantitative estimate of drug-likeness (QED) is 0.823. The molecule has 1 N–H and O–H groups in total. The van der Waals surface area contributed by atoms with Crippen molar-refractivity contribution in [3.63, 3.8) is 0 Å². The zero-order valence-electron chi connectivity index (χ0n) is 12.0. The minimum atomic E-state index is -0.0892. The van der Waals surface area contributed by atoms with Gasteiger partial charge in [-0.25, -0.2) is 0 Å². The van der Waals surface area contributed by atoms with Crippen molar-refractivity contribution in [2.45, 2.75) is 33.1 Å². The minimum absolute atomic E-state index is 0.0892. The normalized spacial score (nSPS) is 10.5. The van der Waals surface area contributed by atoms with E-state index in [0.717, 1.165) is 12.8 Å². The number of benzene rings is 1. The van der Waals surface area contributed by atoms with Crippen molar-refractivity contribution < 1.29 is 9.32 Å². The van der Waals surface area contributed by atoms with Crippen LogP contribution in [-0.4, -0.2) is 17.6 Å². The van der Waals surface area contributed by atoms with Gasteiger partial charge >= 0.3 is 0 Å². The number of nitrogens with one attached hydrogen (secondary N) is 1. The fourth-order valence-corrected chi connectivity index (χ4v) is 2.18. The van der Waals surface area contributed by atoms with Crippen LogP contribution in [0.3, 0.4) is 0 Å². The fraction of sp³-hybridized carbons (Fsp3) is 0.375. The molecule has 20 heavy (non-hydrogen) atoms. The Morgan fingerprint density at radius 2 is 2.05 bits per heavy atom. The molecule has 0 atom stereocenters. The van der Waals surface area contributed by atoms with Crippen LogP contribution in [0.4, 0.5) is 0 Å². The summed E-state index contributed by atoms with van der Waals surface area (Å²) in [4.78, 5) is 12.1. The highest BCUT2D eigenvalue weighted by atomic mass is 16.5. The maximum atomic E-state index is 12.1. The number of amides is 1. The van der Waals surface area contributed by atoms with Gasteiger partial charge in [-0.05, 0) is 25.3 Å². The molecule has 0 aliphatic heterocycles. The average Bonchev–Trinajstić information content (AvgIpc) is 2.85. The van der Waals surface area contributed by atoms with Crippen LogP contribution in [0, 0.1) is 6.92 Å². The largest absolute Gasteiger partial charge is 0.360 e. The number of aromatic nitrogens is 1. The third-order valence-corrected chi connectivity index (χ3v) is 3.25. The average molecular weight is 272 g/mol. The van der Waals surface area contributed by atoms with E-state index < -0.39 is 0 Å². The Morgan fingerprint density at radius 1 is 1.30 bits per heavy atom. The second kappa shape index (κ2) is 6.89. The van der Waals surface area contributed by atoms with Crippen LogP contribution in [-0.2, 0) is 12.8 Å². The number of hydrogen-bond donors (Lipinski definition) is 1. The molecule has 1 aromatic heterocycles. The third kappa shape index (κ3) is 3.47. The Balaban J connectivity index is 1.82. The first-order chi connectivity index (χ1) is 9.72. The van der Waals surface area contributed by atoms with Gasteiger partial charge in [0.05, 0.1) is 5.69 Å². The predicted molar refractivity (Wildman–Crippen MR) is 77.7 cm³/mol. The summed E-state index contributed by atoms with van der Waals surface area (Å²) in [5, 5.41) is 6.78. The van der Waals surface area contributed by atoms with Gasteiger partial charge in [0.15, 0.2) is 0 Å². The summed E-state index contributed by atoms with van der Waals surface area (Å²) in [5.74, 6) is 0.566. The van der Waals surface area contributed by atoms with Crippen LogP contribution in [0.25, 0.3) is 0 Å². The van der Waals surface area contributed by atoms with Crippen LogP contribution in [0.2, 0.25) is 0 Å². The number of nitrogens with zero attached hydrogens (tertiary/aromatic N) is 1. The van der Waals surface area contributed by atoms with Crippen LogP contribution in [0.15, 0.2) is 34.9 Å². The van der Waals surface area contributed by atoms with E-state index in [1.807, 2.05) is 25.1 Å². The van der Waals surface area contributed by atoms with Gasteiger partial charge in [-0.15, -0.1) is 0 Å². The number of rotatable bonds is 6. The molecular weight excluding hydrogens is 252 g/mol. The second-order valence-electron chi connectivity index (χ2n) is 4.76. The van der Waals surface area contributed by atoms with E-state index in [-0.39, 0.29) is 5.91 Å². The summed E-state index contributed by atoms with van der Waals surface area (Å²) in [6.45, 7) is 4.40. The molecule has 2 aromatic rings. The Morgan fingerprint density at radius 3 is 2.75 bits per heavy atom. The van der Waals surface area contributed by atoms with E-state index in [4.69, 9.17) is 4.52 Å². The molecule has 0 saturated heterocycles. The summed E-state index contributed by atoms with van der Waals surface area (Å²) in [5.41, 5.74) is 2.53. The first-order valence-corrected chi connectivity index (χ1v) is 6.99. The van der Waals surface area contributed by atoms with Crippen molar-refractivity contribution >= 4 is 5.91 Å². The Labute approximate surface area is 119 Å². The van der Waals surface area contributed by atoms with Gasteiger partial charge in [-0.2, -0.15) is 0 Å². The van der Waals surface area contributed by atoms with Gasteiger partial charge in [-0.1, -0.05) is 42.4 Å². The molecule has 0 unspecified atom stereocenters. The lowest BCUT2D eigenvalue weighted by Crippen LogP contribution is -2.26. The summed E-state index contributed by atoms with van der Waals surface area (Å²) in [7, 11) is 0. The number of carbonyl (C=O) groups excluding carboxylic acids is 1. The maximum Gasteiger partial charge on any atom is 0.256 e. The van der Waals surface area contributed by atoms with E-state index >= 15 is 0 Å². The zero-order chi connectivity index (χ0) is 14.4. The molecule has 4 heteroatoms. The monoisotopic (exact) mass is 272 g/mol. The Hall–Kier alpha value is -2.10. The summed E-state index contributed by atoms with van der Waals surface area (Å²) >= 11 is 0. The summed E-state index contributed by atoms with van der Waals surface area (Å²) in [6.07, 6.45) is 2.56. The lowest BCUT2D eigenvalue weighted by atomic mass is 10.1. The van der Waals surface area contributed by atoms with E-state index in [1.165, 1.54) is 5.56 Å². The van der Waals surface area contributed by atoms with E-state index in [9.17, 15) is 4.79 Å². The highest BCUT2D eigenvalue weighted by Crippen LogP contribution is 2.13. The van der Waals surface area contributed by atoms with Crippen LogP contribution >= 0.6 is 0 Å². The lowest BCUT2D eigenvalue weighted by molar-refractivity contribution is 0.0950. The summed E-state index contributed by atoms with van der Waals surface area (Å²) < 4.78 is 5.13. The first-order valence-electron chi connectivity index (χ1n) is 6.99. The highest BCUT2D eigenvalue weighted by molar-refractivity contribution is 5.96. The molecule has 0 radical (unpaired) electrons. The van der Waals surface area contributed by atoms with Crippen molar-refractivity contribution in [3.8, 4) is 0 Å². The number of aryl methyl sites for hydroxylation is 3. The first kappa shape index (κ1) is 14.3. The van der Waals surface area contributed by atoms with Gasteiger partial charge in [0.2, 0.25) is 0 Å². The van der Waals surface area contributed by atoms with Crippen LogP contribution in [0.5, 0.6) is 0 Å². The molecule has 0 spiro atoms. The maximum absolute atomic E-state index is 12.1. The van der Waals surface area contributed by atoms with Crippen molar-refractivity contribution in [3.05, 3.63) is 52.9 Å². The molecule has 0 fully saturated rings. The summed E-state index contributed by atoms with van der Waals surface area (Å²) in [6, 6.07) is 10.3. The molecule has 4 nitrogen and oxygen atoms in total. The number of hydrogen-bond acceptors (Lipinski definition) is 3. The molecule has 1 aromatic carbocycles. The minimum Gasteiger partial charge on any atom is -0.360 e. The molecule has 2 rings (SSSR count). The standard InChI is InChI=1S/C16H20N2O2/c1-3-14-15(12(2)18-20-14)16(19)17-11-7-10-13-8-5-4-6-9-13/h4-6,8-9H,3,7,10-11H2,1-2H3,(H,17,19). The lowest BCUT2D eigenvalue weighted by Gasteiger charge is -2.05. The van der Waals surface area contributed by atoms with Gasteiger partial charge in [0, 0.05) is 13.0 Å². The molecule has 1 amide bonds. The van der Waals surface area contributed by atoms with Crippen molar-refractivity contribution in [2.24, 2.45) is 0 Å². The van der Waals surface area contributed by atoms with Crippen LogP contribution < -0.4 is 5.32 Å². The van der Waals surface area contributed by atoms with E-state index in [0.29, 0.717) is 30.0 Å². The smallest absolute Gasteiger partial charge is 0.256 e. The fourth-order valence-electron chi connectivity index (χ4n) is 2.18. The Kier molecular flexibility index (Phi) is 4.93. The molecule has 1 heterocycles. The second-order valence-corrected chi connectivity index (χ2v) is 4.76. The van der Waals surface area contributed by atoms with E-state index in [2.05, 4.69) is 22.6 Å². The van der Waals surface area contributed by atoms with Crippen molar-refractivity contribution in [1.29, 1.82) is 0 Å². The van der Waals surface area contributed by atoms with Gasteiger partial charge in [0.25, 0.3) is 5.91 Å². The molecule has 106 valence electrons. The molecule has 0 aliphatic carbocycles. The predicted octanol–water partition coefficient (Wildman–Crippen LogP) is 2.91. The zero-order valence-corrected chi connectivity index (χ0v) is 12.0. The molecule has 0 aliphatic rings. The van der Waals surface area contributed by atoms with Gasteiger partial charge < -0.3 is 9.84 Å². The van der Waals surface area contributed by atoms with Gasteiger partial charge in [-0.3, -0.25) is 4.79 Å². The SMILES string of the molecule is CCc1onc(C)c1C(=O)NCCCc1ccccc1. The van der Waals surface area contributed by atoms with E-state index in [1.54, 1.807) is 6.92 Å². The molecule has 0 bridgehead atoms. The molecule has 0 saturated carbocycles. The van der Waals surface area contributed by atoms with Crippen molar-refractivity contribution in [2.75, 3.05) is 6.54 Å². The Bertz CT molecular complexity index is 561. The third-order valence-electron chi connectivity index (χ3n) is 3.25.